The van der Waals surface area contributed by atoms with Gasteiger partial charge in [-0.3, -0.25) is 4.79 Å². The van der Waals surface area contributed by atoms with Crippen molar-refractivity contribution in [3.63, 3.8) is 0 Å². The van der Waals surface area contributed by atoms with E-state index < -0.39 is 24.3 Å². The quantitative estimate of drug-likeness (QED) is 0.560. The third-order valence-corrected chi connectivity index (χ3v) is 5.20. The fourth-order valence-corrected chi connectivity index (χ4v) is 3.58. The van der Waals surface area contributed by atoms with Gasteiger partial charge in [0.15, 0.2) is 5.78 Å². The Morgan fingerprint density at radius 2 is 1.77 bits per heavy atom. The normalized spacial score (nSPS) is 13.7. The molecular weight excluding hydrogens is 404 g/mol. The lowest BCUT2D eigenvalue weighted by atomic mass is 9.98. The van der Waals surface area contributed by atoms with Gasteiger partial charge in [0.25, 0.3) is 0 Å². The summed E-state index contributed by atoms with van der Waals surface area (Å²) >= 11 is 0. The predicted octanol–water partition coefficient (Wildman–Crippen LogP) is 3.77. The highest BCUT2D eigenvalue weighted by Crippen LogP contribution is 2.30. The van der Waals surface area contributed by atoms with Crippen LogP contribution in [0.1, 0.15) is 27.0 Å². The van der Waals surface area contributed by atoms with Crippen LogP contribution < -0.4 is 10.1 Å². The van der Waals surface area contributed by atoms with Gasteiger partial charge in [-0.15, -0.1) is 0 Å². The lowest BCUT2D eigenvalue weighted by Crippen LogP contribution is -2.21. The molecule has 160 valence electrons. The van der Waals surface area contributed by atoms with Crippen molar-refractivity contribution in [1.82, 2.24) is 0 Å². The molecule has 1 unspecified atom stereocenters. The Bertz CT molecular complexity index is 1130. The summed E-state index contributed by atoms with van der Waals surface area (Å²) in [6, 6.07) is 13.7. The third-order valence-electron chi connectivity index (χ3n) is 5.20. The molecular formula is C24H21F2NO4. The fraction of sp³-hybridized carbons (Fsp3) is 0.208. The number of carbonyl (C=O) groups excluding carboxylic acids is 1. The molecule has 0 heterocycles. The van der Waals surface area contributed by atoms with Crippen molar-refractivity contribution >= 4 is 17.2 Å². The van der Waals surface area contributed by atoms with Crippen LogP contribution in [0, 0.1) is 11.6 Å². The number of aliphatic hydroxyl groups excluding tert-OH is 2. The summed E-state index contributed by atoms with van der Waals surface area (Å²) in [5.74, 6) is -1.05. The molecule has 0 bridgehead atoms. The van der Waals surface area contributed by atoms with E-state index in [9.17, 15) is 18.7 Å². The molecule has 1 atom stereocenters. The summed E-state index contributed by atoms with van der Waals surface area (Å²) in [6.07, 6.45) is 0.271. The van der Waals surface area contributed by atoms with Crippen molar-refractivity contribution in [2.75, 3.05) is 18.5 Å². The first-order valence-electron chi connectivity index (χ1n) is 9.89. The Balaban J connectivity index is 1.58. The minimum absolute atomic E-state index is 0.0744. The number of carbonyl (C=O) groups is 1. The van der Waals surface area contributed by atoms with Gasteiger partial charge in [0, 0.05) is 22.9 Å². The highest BCUT2D eigenvalue weighted by molar-refractivity contribution is 6.11. The van der Waals surface area contributed by atoms with Crippen LogP contribution in [0.2, 0.25) is 0 Å². The molecule has 3 N–H and O–H groups in total. The molecule has 1 aliphatic rings. The van der Waals surface area contributed by atoms with Crippen LogP contribution in [0.5, 0.6) is 5.75 Å². The van der Waals surface area contributed by atoms with Crippen LogP contribution in [0.4, 0.5) is 20.2 Å². The molecule has 3 aromatic carbocycles. The van der Waals surface area contributed by atoms with Crippen LogP contribution >= 0.6 is 0 Å². The van der Waals surface area contributed by atoms with Gasteiger partial charge in [0.2, 0.25) is 0 Å². The molecule has 0 amide bonds. The molecule has 4 rings (SSSR count). The van der Waals surface area contributed by atoms with Gasteiger partial charge in [-0.25, -0.2) is 8.78 Å². The zero-order valence-corrected chi connectivity index (χ0v) is 16.6. The SMILES string of the molecule is O=C1c2ccc(Nc3ccc(F)cc3F)cc2CCc2ccc(OCC(O)CO)cc21. The average Bonchev–Trinajstić information content (AvgIpc) is 2.90. The lowest BCUT2D eigenvalue weighted by molar-refractivity contribution is 0.0536. The second kappa shape index (κ2) is 8.83. The van der Waals surface area contributed by atoms with Crippen molar-refractivity contribution in [2.24, 2.45) is 0 Å². The maximum absolute atomic E-state index is 14.0. The molecule has 5 nitrogen and oxygen atoms in total. The Morgan fingerprint density at radius 1 is 0.968 bits per heavy atom. The van der Waals surface area contributed by atoms with Crippen LogP contribution in [-0.4, -0.2) is 35.3 Å². The second-order valence-electron chi connectivity index (χ2n) is 7.42. The van der Waals surface area contributed by atoms with Gasteiger partial charge < -0.3 is 20.3 Å². The number of fused-ring (bicyclic) bond motifs is 2. The number of benzene rings is 3. The molecule has 0 radical (unpaired) electrons. The van der Waals surface area contributed by atoms with Crippen molar-refractivity contribution < 1.29 is 28.5 Å². The first-order chi connectivity index (χ1) is 14.9. The molecule has 0 fully saturated rings. The number of aliphatic hydroxyl groups is 2. The minimum atomic E-state index is -0.993. The van der Waals surface area contributed by atoms with Crippen molar-refractivity contribution in [1.29, 1.82) is 0 Å². The number of rotatable bonds is 6. The molecule has 0 saturated heterocycles. The smallest absolute Gasteiger partial charge is 0.193 e. The number of hydrogen-bond acceptors (Lipinski definition) is 5. The Kier molecular flexibility index (Phi) is 5.97. The third kappa shape index (κ3) is 4.57. The molecule has 0 spiro atoms. The first-order valence-corrected chi connectivity index (χ1v) is 9.89. The standard InChI is InChI=1S/C24H21F2NO4/c25-16-4-8-23(22(26)10-16)27-17-5-7-20-15(9-17)2-1-14-3-6-19(11-21(14)24(20)30)31-13-18(29)12-28/h3-11,18,27-29H,1-2,12-13H2. The van der Waals surface area contributed by atoms with Crippen molar-refractivity contribution in [2.45, 2.75) is 18.9 Å². The summed E-state index contributed by atoms with van der Waals surface area (Å²) in [7, 11) is 0. The Labute approximate surface area is 177 Å². The predicted molar refractivity (Wildman–Crippen MR) is 112 cm³/mol. The van der Waals surface area contributed by atoms with Crippen LogP contribution in [0.15, 0.2) is 54.6 Å². The first kappa shape index (κ1) is 21.0. The van der Waals surface area contributed by atoms with E-state index in [1.807, 2.05) is 6.07 Å². The van der Waals surface area contributed by atoms with E-state index in [0.29, 0.717) is 35.4 Å². The number of aryl methyl sites for hydroxylation is 2. The maximum Gasteiger partial charge on any atom is 0.193 e. The number of halogens is 2. The summed E-state index contributed by atoms with van der Waals surface area (Å²) < 4.78 is 32.6. The van der Waals surface area contributed by atoms with E-state index in [2.05, 4.69) is 5.32 Å². The highest BCUT2D eigenvalue weighted by Gasteiger charge is 2.22. The lowest BCUT2D eigenvalue weighted by Gasteiger charge is -2.12. The molecule has 0 aromatic heterocycles. The van der Waals surface area contributed by atoms with Crippen LogP contribution in [0.25, 0.3) is 0 Å². The Hall–Kier alpha value is -3.29. The fourth-order valence-electron chi connectivity index (χ4n) is 3.58. The second-order valence-corrected chi connectivity index (χ2v) is 7.42. The summed E-state index contributed by atoms with van der Waals surface area (Å²) in [5, 5.41) is 21.3. The topological polar surface area (TPSA) is 78.8 Å². The van der Waals surface area contributed by atoms with E-state index in [4.69, 9.17) is 9.84 Å². The van der Waals surface area contributed by atoms with Crippen LogP contribution in [-0.2, 0) is 12.8 Å². The van der Waals surface area contributed by atoms with E-state index in [1.54, 1.807) is 30.3 Å². The average molecular weight is 425 g/mol. The van der Waals surface area contributed by atoms with Crippen LogP contribution in [0.3, 0.4) is 0 Å². The number of hydrogen-bond donors (Lipinski definition) is 3. The minimum Gasteiger partial charge on any atom is -0.491 e. The summed E-state index contributed by atoms with van der Waals surface area (Å²) in [6.45, 7) is -0.482. The molecule has 7 heteroatoms. The monoisotopic (exact) mass is 425 g/mol. The summed E-state index contributed by atoms with van der Waals surface area (Å²) in [4.78, 5) is 13.2. The maximum atomic E-state index is 14.0. The van der Waals surface area contributed by atoms with Gasteiger partial charge in [0.05, 0.1) is 12.3 Å². The van der Waals surface area contributed by atoms with Crippen molar-refractivity contribution in [3.8, 4) is 5.75 Å². The number of anilines is 2. The van der Waals surface area contributed by atoms with Gasteiger partial charge in [-0.05, 0) is 66.4 Å². The van der Waals surface area contributed by atoms with E-state index in [1.165, 1.54) is 12.1 Å². The molecule has 0 saturated carbocycles. The van der Waals surface area contributed by atoms with E-state index >= 15 is 0 Å². The zero-order chi connectivity index (χ0) is 22.0. The molecule has 31 heavy (non-hydrogen) atoms. The molecule has 0 aliphatic heterocycles. The zero-order valence-electron chi connectivity index (χ0n) is 16.6. The van der Waals surface area contributed by atoms with Gasteiger partial charge in [0.1, 0.15) is 30.1 Å². The van der Waals surface area contributed by atoms with Gasteiger partial charge >= 0.3 is 0 Å². The van der Waals surface area contributed by atoms with Crippen molar-refractivity contribution in [3.05, 3.63) is 88.5 Å². The molecule has 3 aromatic rings. The van der Waals surface area contributed by atoms with Gasteiger partial charge in [-0.1, -0.05) is 6.07 Å². The number of ether oxygens (including phenoxy) is 1. The largest absolute Gasteiger partial charge is 0.491 e. The number of nitrogens with one attached hydrogen (secondary N) is 1. The molecule has 1 aliphatic carbocycles. The van der Waals surface area contributed by atoms with E-state index in [0.717, 1.165) is 17.2 Å². The van der Waals surface area contributed by atoms with E-state index in [-0.39, 0.29) is 18.1 Å². The number of ketones is 1. The Morgan fingerprint density at radius 3 is 2.55 bits per heavy atom. The van der Waals surface area contributed by atoms with Gasteiger partial charge in [-0.2, -0.15) is 0 Å². The summed E-state index contributed by atoms with van der Waals surface area (Å²) in [5.41, 5.74) is 3.54. The highest BCUT2D eigenvalue weighted by atomic mass is 19.1.